The highest BCUT2D eigenvalue weighted by atomic mass is 35.5. The van der Waals surface area contributed by atoms with Gasteiger partial charge in [0.05, 0.1) is 10.5 Å². The summed E-state index contributed by atoms with van der Waals surface area (Å²) in [6.45, 7) is 6.83. The van der Waals surface area contributed by atoms with Gasteiger partial charge in [0.15, 0.2) is 9.84 Å². The van der Waals surface area contributed by atoms with Gasteiger partial charge in [0, 0.05) is 17.8 Å². The first kappa shape index (κ1) is 19.7. The zero-order chi connectivity index (χ0) is 15.6. The molecule has 0 unspecified atom stereocenters. The SMILES string of the molecule is Cc1ccc(N)cc1C(=O)NCCS(=O)(=O)C(C)(C)C.Cl. The third kappa shape index (κ3) is 5.21. The van der Waals surface area contributed by atoms with Crippen LogP contribution in [-0.4, -0.2) is 31.4 Å². The standard InChI is InChI=1S/C14H22N2O3S.ClH/c1-10-5-6-11(15)9-12(10)13(17)16-7-8-20(18,19)14(2,3)4;/h5-6,9H,7-8,15H2,1-4H3,(H,16,17);1H. The Morgan fingerprint density at radius 3 is 2.38 bits per heavy atom. The van der Waals surface area contributed by atoms with Crippen LogP contribution < -0.4 is 11.1 Å². The number of nitrogens with two attached hydrogens (primary N) is 1. The number of nitrogens with one attached hydrogen (secondary N) is 1. The van der Waals surface area contributed by atoms with Crippen molar-refractivity contribution < 1.29 is 13.2 Å². The largest absolute Gasteiger partial charge is 0.399 e. The number of sulfone groups is 1. The Kier molecular flexibility index (Phi) is 6.70. The molecule has 0 saturated heterocycles. The highest BCUT2D eigenvalue weighted by molar-refractivity contribution is 7.92. The van der Waals surface area contributed by atoms with Gasteiger partial charge in [-0.1, -0.05) is 6.07 Å². The second-order valence-corrected chi connectivity index (χ2v) is 8.62. The van der Waals surface area contributed by atoms with Crippen LogP contribution in [-0.2, 0) is 9.84 Å². The van der Waals surface area contributed by atoms with Crippen molar-refractivity contribution in [3.63, 3.8) is 0 Å². The number of halogens is 1. The smallest absolute Gasteiger partial charge is 0.251 e. The summed E-state index contributed by atoms with van der Waals surface area (Å²) in [7, 11) is -3.23. The van der Waals surface area contributed by atoms with Crippen molar-refractivity contribution >= 4 is 33.8 Å². The van der Waals surface area contributed by atoms with E-state index >= 15 is 0 Å². The van der Waals surface area contributed by atoms with Crippen molar-refractivity contribution in [2.45, 2.75) is 32.4 Å². The van der Waals surface area contributed by atoms with Crippen molar-refractivity contribution in [1.82, 2.24) is 5.32 Å². The number of aryl methyl sites for hydroxylation is 1. The Labute approximate surface area is 132 Å². The van der Waals surface area contributed by atoms with E-state index in [1.165, 1.54) is 0 Å². The third-order valence-corrected chi connectivity index (χ3v) is 5.70. The third-order valence-electron chi connectivity index (χ3n) is 3.10. The van der Waals surface area contributed by atoms with E-state index < -0.39 is 14.6 Å². The lowest BCUT2D eigenvalue weighted by atomic mass is 10.1. The lowest BCUT2D eigenvalue weighted by molar-refractivity contribution is 0.0955. The molecule has 0 spiro atoms. The zero-order valence-corrected chi connectivity index (χ0v) is 14.4. The Hall–Kier alpha value is -1.27. The van der Waals surface area contributed by atoms with Gasteiger partial charge in [-0.05, 0) is 45.4 Å². The summed E-state index contributed by atoms with van der Waals surface area (Å²) in [5.41, 5.74) is 7.42. The molecule has 0 atom stereocenters. The fraction of sp³-hybridized carbons (Fsp3) is 0.500. The average Bonchev–Trinajstić information content (AvgIpc) is 2.30. The zero-order valence-electron chi connectivity index (χ0n) is 12.8. The Morgan fingerprint density at radius 2 is 1.86 bits per heavy atom. The summed E-state index contributed by atoms with van der Waals surface area (Å²) in [5, 5.41) is 2.62. The van der Waals surface area contributed by atoms with E-state index in [2.05, 4.69) is 5.32 Å². The molecule has 3 N–H and O–H groups in total. The van der Waals surface area contributed by atoms with Crippen molar-refractivity contribution in [3.05, 3.63) is 29.3 Å². The van der Waals surface area contributed by atoms with Gasteiger partial charge in [-0.25, -0.2) is 8.42 Å². The number of hydrogen-bond donors (Lipinski definition) is 2. The summed E-state index contributed by atoms with van der Waals surface area (Å²) in [6, 6.07) is 5.06. The molecule has 0 heterocycles. The maximum atomic E-state index is 12.0. The molecule has 1 rings (SSSR count). The monoisotopic (exact) mass is 334 g/mol. The van der Waals surface area contributed by atoms with Gasteiger partial charge in [0.2, 0.25) is 0 Å². The van der Waals surface area contributed by atoms with Gasteiger partial charge in [0.25, 0.3) is 5.91 Å². The lowest BCUT2D eigenvalue weighted by Gasteiger charge is -2.19. The van der Waals surface area contributed by atoms with Crippen LogP contribution in [0.1, 0.15) is 36.7 Å². The summed E-state index contributed by atoms with van der Waals surface area (Å²) >= 11 is 0. The Balaban J connectivity index is 0.00000400. The first-order valence-corrected chi connectivity index (χ1v) is 8.06. The minimum atomic E-state index is -3.23. The fourth-order valence-electron chi connectivity index (χ4n) is 1.58. The first-order chi connectivity index (χ1) is 9.04. The molecule has 0 radical (unpaired) electrons. The summed E-state index contributed by atoms with van der Waals surface area (Å²) in [5.74, 6) is -0.386. The number of amides is 1. The minimum absolute atomic E-state index is 0. The second-order valence-electron chi connectivity index (χ2n) is 5.76. The van der Waals surface area contributed by atoms with Crippen LogP contribution in [0, 0.1) is 6.92 Å². The van der Waals surface area contributed by atoms with Gasteiger partial charge in [-0.15, -0.1) is 12.4 Å². The summed E-state index contributed by atoms with van der Waals surface area (Å²) in [6.07, 6.45) is 0. The van der Waals surface area contributed by atoms with Gasteiger partial charge in [-0.2, -0.15) is 0 Å². The van der Waals surface area contributed by atoms with Crippen LogP contribution in [0.3, 0.4) is 0 Å². The van der Waals surface area contributed by atoms with Gasteiger partial charge in [0.1, 0.15) is 0 Å². The highest BCUT2D eigenvalue weighted by Crippen LogP contribution is 2.15. The molecule has 0 aliphatic rings. The van der Waals surface area contributed by atoms with Crippen LogP contribution in [0.4, 0.5) is 5.69 Å². The normalized spacial score (nSPS) is 11.6. The average molecular weight is 335 g/mol. The molecule has 1 aromatic carbocycles. The van der Waals surface area contributed by atoms with E-state index in [1.807, 2.05) is 0 Å². The molecular formula is C14H23ClN2O3S. The molecule has 120 valence electrons. The maximum Gasteiger partial charge on any atom is 0.251 e. The number of rotatable bonds is 4. The van der Waals surface area contributed by atoms with E-state index in [0.717, 1.165) is 5.56 Å². The molecule has 0 aliphatic carbocycles. The van der Waals surface area contributed by atoms with Crippen molar-refractivity contribution in [2.75, 3.05) is 18.0 Å². The van der Waals surface area contributed by atoms with Crippen LogP contribution in [0.15, 0.2) is 18.2 Å². The maximum absolute atomic E-state index is 12.0. The topological polar surface area (TPSA) is 89.3 Å². The van der Waals surface area contributed by atoms with Crippen molar-refractivity contribution in [3.8, 4) is 0 Å². The van der Waals surface area contributed by atoms with Gasteiger partial charge >= 0.3 is 0 Å². The van der Waals surface area contributed by atoms with Crippen molar-refractivity contribution in [1.29, 1.82) is 0 Å². The molecule has 7 heteroatoms. The van der Waals surface area contributed by atoms with E-state index in [1.54, 1.807) is 45.9 Å². The molecular weight excluding hydrogens is 312 g/mol. The second kappa shape index (κ2) is 7.13. The molecule has 0 fully saturated rings. The number of anilines is 1. The Morgan fingerprint density at radius 1 is 1.29 bits per heavy atom. The fourth-order valence-corrected chi connectivity index (χ4v) is 2.57. The number of carbonyl (C=O) groups is 1. The highest BCUT2D eigenvalue weighted by Gasteiger charge is 2.28. The predicted octanol–water partition coefficient (Wildman–Crippen LogP) is 1.94. The minimum Gasteiger partial charge on any atom is -0.399 e. The van der Waals surface area contributed by atoms with Crippen LogP contribution in [0.2, 0.25) is 0 Å². The molecule has 0 bridgehead atoms. The van der Waals surface area contributed by atoms with Crippen molar-refractivity contribution in [2.24, 2.45) is 0 Å². The van der Waals surface area contributed by atoms with E-state index in [-0.39, 0.29) is 30.6 Å². The van der Waals surface area contributed by atoms with E-state index in [9.17, 15) is 13.2 Å². The number of nitrogen functional groups attached to an aromatic ring is 1. The molecule has 0 aliphatic heterocycles. The quantitative estimate of drug-likeness (QED) is 0.823. The number of carbonyl (C=O) groups excluding carboxylic acids is 1. The van der Waals surface area contributed by atoms with E-state index in [4.69, 9.17) is 5.73 Å². The molecule has 5 nitrogen and oxygen atoms in total. The summed E-state index contributed by atoms with van der Waals surface area (Å²) < 4.78 is 23.0. The lowest BCUT2D eigenvalue weighted by Crippen LogP contribution is -2.36. The predicted molar refractivity (Wildman–Crippen MR) is 88.7 cm³/mol. The van der Waals surface area contributed by atoms with Crippen LogP contribution in [0.5, 0.6) is 0 Å². The first-order valence-electron chi connectivity index (χ1n) is 6.41. The molecule has 1 aromatic rings. The molecule has 1 amide bonds. The molecule has 0 aromatic heterocycles. The summed E-state index contributed by atoms with van der Waals surface area (Å²) in [4.78, 5) is 12.0. The Bertz CT molecular complexity index is 607. The van der Waals surface area contributed by atoms with Gasteiger partial charge < -0.3 is 11.1 Å². The van der Waals surface area contributed by atoms with Crippen LogP contribution in [0.25, 0.3) is 0 Å². The van der Waals surface area contributed by atoms with E-state index in [0.29, 0.717) is 11.3 Å². The number of benzene rings is 1. The molecule has 0 saturated carbocycles. The van der Waals surface area contributed by atoms with Gasteiger partial charge in [-0.3, -0.25) is 4.79 Å². The van der Waals surface area contributed by atoms with Crippen LogP contribution >= 0.6 is 12.4 Å². The number of hydrogen-bond acceptors (Lipinski definition) is 4. The molecule has 21 heavy (non-hydrogen) atoms.